The van der Waals surface area contributed by atoms with E-state index in [4.69, 9.17) is 17.0 Å². The number of H-pyrrole nitrogens is 1. The van der Waals surface area contributed by atoms with Gasteiger partial charge in [0.25, 0.3) is 0 Å². The molecule has 1 fully saturated rings. The molecule has 1 N–H and O–H groups in total. The summed E-state index contributed by atoms with van der Waals surface area (Å²) < 4.78 is 8.24. The summed E-state index contributed by atoms with van der Waals surface area (Å²) in [5.41, 5.74) is 0. The predicted octanol–water partition coefficient (Wildman–Crippen LogP) is 1.19. The Bertz CT molecular complexity index is 378. The predicted molar refractivity (Wildman–Crippen MR) is 60.7 cm³/mol. The summed E-state index contributed by atoms with van der Waals surface area (Å²) in [5.74, 6) is 0.857. The monoisotopic (exact) mass is 228 g/mol. The molecule has 1 aromatic heterocycles. The van der Waals surface area contributed by atoms with Gasteiger partial charge in [0.2, 0.25) is 5.95 Å². The highest BCUT2D eigenvalue weighted by atomic mass is 32.1. The number of aromatic amines is 1. The maximum absolute atomic E-state index is 5.59. The van der Waals surface area contributed by atoms with Crippen LogP contribution in [0, 0.1) is 4.77 Å². The number of hydrogen-bond acceptors (Lipinski definition) is 4. The minimum Gasteiger partial charge on any atom is -0.376 e. The Balaban J connectivity index is 2.18. The minimum absolute atomic E-state index is 0.285. The molecule has 0 radical (unpaired) electrons. The minimum atomic E-state index is 0.285. The van der Waals surface area contributed by atoms with Gasteiger partial charge in [-0.3, -0.25) is 4.57 Å². The van der Waals surface area contributed by atoms with E-state index in [1.165, 1.54) is 0 Å². The fourth-order valence-corrected chi connectivity index (χ4v) is 2.01. The molecule has 1 aliphatic heterocycles. The van der Waals surface area contributed by atoms with Crippen LogP contribution >= 0.6 is 12.2 Å². The van der Waals surface area contributed by atoms with Gasteiger partial charge >= 0.3 is 0 Å². The van der Waals surface area contributed by atoms with Gasteiger partial charge in [0.1, 0.15) is 0 Å². The average molecular weight is 228 g/mol. The number of nitrogens with zero attached hydrogens (tertiary/aromatic N) is 3. The number of rotatable bonds is 3. The molecular formula is C9H16N4OS. The van der Waals surface area contributed by atoms with E-state index in [-0.39, 0.29) is 6.10 Å². The Hall–Kier alpha value is -0.880. The molecule has 84 valence electrons. The summed E-state index contributed by atoms with van der Waals surface area (Å²) in [4.78, 5) is 1.95. The van der Waals surface area contributed by atoms with Crippen LogP contribution in [0.4, 0.5) is 5.95 Å². The standard InChI is InChI=1S/C9H16N4OS/c1-12(2)8-10-11-9(15)13(8)6-7-4-3-5-14-7/h7H,3-6H2,1-2H3,(H,11,15). The number of hydrogen-bond donors (Lipinski definition) is 1. The van der Waals surface area contributed by atoms with Gasteiger partial charge in [0.15, 0.2) is 4.77 Å². The van der Waals surface area contributed by atoms with Crippen molar-refractivity contribution in [2.45, 2.75) is 25.5 Å². The van der Waals surface area contributed by atoms with E-state index in [0.29, 0.717) is 4.77 Å². The van der Waals surface area contributed by atoms with Crippen LogP contribution in [-0.2, 0) is 11.3 Å². The smallest absolute Gasteiger partial charge is 0.225 e. The van der Waals surface area contributed by atoms with E-state index >= 15 is 0 Å². The maximum Gasteiger partial charge on any atom is 0.225 e. The summed E-state index contributed by atoms with van der Waals surface area (Å²) in [6.07, 6.45) is 2.54. The largest absolute Gasteiger partial charge is 0.376 e. The summed E-state index contributed by atoms with van der Waals surface area (Å²) in [6.45, 7) is 1.66. The first-order valence-corrected chi connectivity index (χ1v) is 5.53. The van der Waals surface area contributed by atoms with E-state index in [1.807, 2.05) is 23.6 Å². The zero-order valence-electron chi connectivity index (χ0n) is 9.06. The van der Waals surface area contributed by atoms with Crippen LogP contribution < -0.4 is 4.90 Å². The van der Waals surface area contributed by atoms with Crippen molar-refractivity contribution < 1.29 is 4.74 Å². The lowest BCUT2D eigenvalue weighted by molar-refractivity contribution is 0.0969. The van der Waals surface area contributed by atoms with Crippen molar-refractivity contribution in [2.24, 2.45) is 0 Å². The van der Waals surface area contributed by atoms with Gasteiger partial charge in [-0.1, -0.05) is 0 Å². The molecule has 6 heteroatoms. The first-order valence-electron chi connectivity index (χ1n) is 5.12. The molecule has 1 aromatic rings. The number of aromatic nitrogens is 3. The van der Waals surface area contributed by atoms with Gasteiger partial charge in [0.05, 0.1) is 12.6 Å². The summed E-state index contributed by atoms with van der Waals surface area (Å²) in [6, 6.07) is 0. The molecule has 15 heavy (non-hydrogen) atoms. The molecule has 0 bridgehead atoms. The Kier molecular flexibility index (Phi) is 3.06. The number of anilines is 1. The molecular weight excluding hydrogens is 212 g/mol. The zero-order chi connectivity index (χ0) is 10.8. The fraction of sp³-hybridized carbons (Fsp3) is 0.778. The van der Waals surface area contributed by atoms with Crippen LogP contribution in [0.1, 0.15) is 12.8 Å². The van der Waals surface area contributed by atoms with Crippen molar-refractivity contribution >= 4 is 18.2 Å². The molecule has 1 unspecified atom stereocenters. The van der Waals surface area contributed by atoms with Crippen LogP contribution in [0.5, 0.6) is 0 Å². The third kappa shape index (κ3) is 2.21. The summed E-state index contributed by atoms with van der Waals surface area (Å²) in [5, 5.41) is 6.98. The Morgan fingerprint density at radius 3 is 3.07 bits per heavy atom. The van der Waals surface area contributed by atoms with Gasteiger partial charge in [-0.15, -0.1) is 5.10 Å². The van der Waals surface area contributed by atoms with Gasteiger partial charge in [-0.2, -0.15) is 0 Å². The number of nitrogens with one attached hydrogen (secondary N) is 1. The topological polar surface area (TPSA) is 46.1 Å². The van der Waals surface area contributed by atoms with Crippen molar-refractivity contribution in [3.63, 3.8) is 0 Å². The molecule has 0 spiro atoms. The highest BCUT2D eigenvalue weighted by Gasteiger charge is 2.18. The quantitative estimate of drug-likeness (QED) is 0.789. The molecule has 0 aromatic carbocycles. The van der Waals surface area contributed by atoms with E-state index in [2.05, 4.69) is 10.2 Å². The Labute approximate surface area is 94.0 Å². The second kappa shape index (κ2) is 4.32. The Morgan fingerprint density at radius 2 is 2.47 bits per heavy atom. The molecule has 0 aliphatic carbocycles. The normalized spacial score (nSPS) is 20.8. The van der Waals surface area contributed by atoms with E-state index in [9.17, 15) is 0 Å². The van der Waals surface area contributed by atoms with Gasteiger partial charge in [0, 0.05) is 20.7 Å². The van der Waals surface area contributed by atoms with Crippen molar-refractivity contribution in [1.82, 2.24) is 14.8 Å². The lowest BCUT2D eigenvalue weighted by Gasteiger charge is -2.15. The Morgan fingerprint density at radius 1 is 1.67 bits per heavy atom. The fourth-order valence-electron chi connectivity index (χ4n) is 1.81. The third-order valence-corrected chi connectivity index (χ3v) is 2.86. The van der Waals surface area contributed by atoms with Crippen molar-refractivity contribution in [2.75, 3.05) is 25.6 Å². The second-order valence-electron chi connectivity index (χ2n) is 3.97. The molecule has 2 rings (SSSR count). The lowest BCUT2D eigenvalue weighted by atomic mass is 10.2. The van der Waals surface area contributed by atoms with Gasteiger partial charge in [-0.05, 0) is 25.1 Å². The van der Waals surface area contributed by atoms with E-state index in [1.54, 1.807) is 0 Å². The third-order valence-electron chi connectivity index (χ3n) is 2.55. The van der Waals surface area contributed by atoms with Gasteiger partial charge in [-0.25, -0.2) is 5.10 Å². The second-order valence-corrected chi connectivity index (χ2v) is 4.36. The SMILES string of the molecule is CN(C)c1n[nH]c(=S)n1CC1CCCO1. The zero-order valence-corrected chi connectivity index (χ0v) is 9.88. The van der Waals surface area contributed by atoms with Crippen LogP contribution in [0.25, 0.3) is 0 Å². The lowest BCUT2D eigenvalue weighted by Crippen LogP contribution is -2.21. The van der Waals surface area contributed by atoms with Crippen molar-refractivity contribution in [1.29, 1.82) is 0 Å². The molecule has 1 aliphatic rings. The molecule has 1 atom stereocenters. The molecule has 1 saturated heterocycles. The molecule has 5 nitrogen and oxygen atoms in total. The first kappa shape index (κ1) is 10.6. The molecule has 0 saturated carbocycles. The molecule has 0 amide bonds. The number of ether oxygens (including phenoxy) is 1. The van der Waals surface area contributed by atoms with Crippen LogP contribution in [0.15, 0.2) is 0 Å². The van der Waals surface area contributed by atoms with Crippen LogP contribution in [0.2, 0.25) is 0 Å². The highest BCUT2D eigenvalue weighted by molar-refractivity contribution is 7.71. The molecule has 2 heterocycles. The van der Waals surface area contributed by atoms with E-state index < -0.39 is 0 Å². The van der Waals surface area contributed by atoms with Gasteiger partial charge < -0.3 is 9.64 Å². The highest BCUT2D eigenvalue weighted by Crippen LogP contribution is 2.17. The summed E-state index contributed by atoms with van der Waals surface area (Å²) >= 11 is 5.19. The van der Waals surface area contributed by atoms with Crippen molar-refractivity contribution in [3.05, 3.63) is 4.77 Å². The summed E-state index contributed by atoms with van der Waals surface area (Å²) in [7, 11) is 3.91. The maximum atomic E-state index is 5.59. The van der Waals surface area contributed by atoms with E-state index in [0.717, 1.165) is 31.9 Å². The van der Waals surface area contributed by atoms with Crippen LogP contribution in [0.3, 0.4) is 0 Å². The first-order chi connectivity index (χ1) is 7.18. The van der Waals surface area contributed by atoms with Crippen LogP contribution in [-0.4, -0.2) is 41.6 Å². The average Bonchev–Trinajstić information content (AvgIpc) is 2.78. The van der Waals surface area contributed by atoms with Crippen molar-refractivity contribution in [3.8, 4) is 0 Å².